The molecule has 0 radical (unpaired) electrons. The lowest BCUT2D eigenvalue weighted by Gasteiger charge is -2.23. The zero-order chi connectivity index (χ0) is 35.5. The zero-order valence-corrected chi connectivity index (χ0v) is 29.3. The lowest BCUT2D eigenvalue weighted by Crippen LogP contribution is -2.54. The number of unbranched alkanes of at least 4 members (excludes halogenated alkanes) is 4. The van der Waals surface area contributed by atoms with Crippen molar-refractivity contribution in [3.63, 3.8) is 0 Å². The molecule has 2 aromatic rings. The first-order valence-electron chi connectivity index (χ1n) is 17.7. The number of benzene rings is 2. The van der Waals surface area contributed by atoms with E-state index in [-0.39, 0.29) is 25.2 Å². The first-order chi connectivity index (χ1) is 24.1. The molecule has 11 nitrogen and oxygen atoms in total. The van der Waals surface area contributed by atoms with Gasteiger partial charge in [0.2, 0.25) is 21.8 Å². The van der Waals surface area contributed by atoms with Crippen LogP contribution in [0.15, 0.2) is 66.4 Å². The molecule has 0 aromatic heterocycles. The standard InChI is InChI=1S/C38H47N5O6S/c1-3-25-23-38(25,37(46)43-50(47,48)27-16-17-27)41-36(45)33-22-26(21-32(33)35(44)40-2)49-42-34-30-14-10-9-13-28(30)29-18-15-24(20-31(29)34)12-8-6-4-5-7-11-19-39/h3,8-10,12-15,18,20,25-27,32-33H,1,4-7,11,16-17,19,21-23,39H2,2H3,(H,40,44)(H,41,45)(H,43,46)/b12-8+,42-34-/t25-,26+,32-,33-,38-/m1/s1. The van der Waals surface area contributed by atoms with Gasteiger partial charge < -0.3 is 21.2 Å². The maximum absolute atomic E-state index is 13.8. The molecule has 5 atom stereocenters. The highest BCUT2D eigenvalue weighted by Gasteiger charge is 2.62. The second-order valence-electron chi connectivity index (χ2n) is 13.9. The van der Waals surface area contributed by atoms with E-state index in [0.29, 0.717) is 18.6 Å². The Labute approximate surface area is 294 Å². The van der Waals surface area contributed by atoms with Crippen molar-refractivity contribution in [3.05, 3.63) is 77.9 Å². The van der Waals surface area contributed by atoms with Gasteiger partial charge in [0.1, 0.15) is 17.4 Å². The molecule has 266 valence electrons. The third kappa shape index (κ3) is 7.41. The minimum absolute atomic E-state index is 0.195. The highest BCUT2D eigenvalue weighted by molar-refractivity contribution is 7.91. The molecule has 3 saturated carbocycles. The van der Waals surface area contributed by atoms with Crippen LogP contribution < -0.4 is 21.1 Å². The summed E-state index contributed by atoms with van der Waals surface area (Å²) in [6, 6.07) is 14.3. The first-order valence-corrected chi connectivity index (χ1v) is 19.2. The van der Waals surface area contributed by atoms with Crippen LogP contribution in [0.25, 0.3) is 17.2 Å². The maximum atomic E-state index is 13.8. The Morgan fingerprint density at radius 3 is 2.36 bits per heavy atom. The molecule has 0 aliphatic heterocycles. The molecule has 0 saturated heterocycles. The fraction of sp³-hybridized carbons (Fsp3) is 0.474. The number of oxime groups is 1. The Hall–Kier alpha value is -4.29. The molecule has 0 spiro atoms. The quantitative estimate of drug-likeness (QED) is 0.0988. The van der Waals surface area contributed by atoms with E-state index in [2.05, 4.69) is 63.5 Å². The summed E-state index contributed by atoms with van der Waals surface area (Å²) in [4.78, 5) is 46.2. The second kappa shape index (κ2) is 14.9. The first kappa shape index (κ1) is 35.5. The highest BCUT2D eigenvalue weighted by atomic mass is 32.2. The molecular formula is C38H47N5O6S. The predicted octanol–water partition coefficient (Wildman–Crippen LogP) is 4.17. The molecule has 3 amide bonds. The molecule has 4 aliphatic rings. The van der Waals surface area contributed by atoms with Crippen LogP contribution in [-0.2, 0) is 29.2 Å². The molecule has 4 aliphatic carbocycles. The van der Waals surface area contributed by atoms with E-state index in [4.69, 9.17) is 10.6 Å². The Balaban J connectivity index is 1.17. The topological polar surface area (TPSA) is 169 Å². The van der Waals surface area contributed by atoms with E-state index in [1.807, 2.05) is 18.2 Å². The van der Waals surface area contributed by atoms with E-state index in [1.54, 1.807) is 6.08 Å². The van der Waals surface area contributed by atoms with E-state index < -0.39 is 56.5 Å². The smallest absolute Gasteiger partial charge is 0.259 e. The van der Waals surface area contributed by atoms with Crippen LogP contribution in [0.4, 0.5) is 0 Å². The number of hydrogen-bond acceptors (Lipinski definition) is 8. The van der Waals surface area contributed by atoms with Gasteiger partial charge in [0, 0.05) is 24.1 Å². The molecule has 0 bridgehead atoms. The van der Waals surface area contributed by atoms with Gasteiger partial charge in [-0.05, 0) is 80.7 Å². The van der Waals surface area contributed by atoms with Crippen molar-refractivity contribution < 1.29 is 27.6 Å². The van der Waals surface area contributed by atoms with Gasteiger partial charge in [-0.3, -0.25) is 19.1 Å². The van der Waals surface area contributed by atoms with Crippen LogP contribution in [-0.4, -0.2) is 62.3 Å². The number of carbonyl (C=O) groups is 3. The average Bonchev–Trinajstić information content (AvgIpc) is 4.02. The Bertz CT molecular complexity index is 1820. The van der Waals surface area contributed by atoms with Gasteiger partial charge in [-0.15, -0.1) is 6.58 Å². The lowest BCUT2D eigenvalue weighted by atomic mass is 9.93. The molecular weight excluding hydrogens is 655 g/mol. The van der Waals surface area contributed by atoms with E-state index in [0.717, 1.165) is 66.5 Å². The van der Waals surface area contributed by atoms with Gasteiger partial charge >= 0.3 is 0 Å². The number of nitrogens with zero attached hydrogens (tertiary/aromatic N) is 1. The number of amides is 3. The number of rotatable bonds is 16. The summed E-state index contributed by atoms with van der Waals surface area (Å²) in [5.74, 6) is -3.56. The Morgan fingerprint density at radius 2 is 1.68 bits per heavy atom. The van der Waals surface area contributed by atoms with Crippen molar-refractivity contribution in [2.45, 2.75) is 81.1 Å². The summed E-state index contributed by atoms with van der Waals surface area (Å²) in [5, 5.41) is 9.54. The minimum Gasteiger partial charge on any atom is -0.392 e. The fourth-order valence-corrected chi connectivity index (χ4v) is 8.61. The summed E-state index contributed by atoms with van der Waals surface area (Å²) in [6.07, 6.45) is 12.5. The number of sulfonamides is 1. The van der Waals surface area contributed by atoms with Gasteiger partial charge in [0.15, 0.2) is 0 Å². The van der Waals surface area contributed by atoms with Gasteiger partial charge in [-0.2, -0.15) is 0 Å². The van der Waals surface area contributed by atoms with Crippen molar-refractivity contribution in [3.8, 4) is 11.1 Å². The van der Waals surface area contributed by atoms with Crippen LogP contribution in [0, 0.1) is 17.8 Å². The fourth-order valence-electron chi connectivity index (χ4n) is 7.24. The summed E-state index contributed by atoms with van der Waals surface area (Å²) < 4.78 is 27.2. The molecule has 0 unspecified atom stereocenters. The second-order valence-corrected chi connectivity index (χ2v) is 15.9. The third-order valence-corrected chi connectivity index (χ3v) is 12.2. The van der Waals surface area contributed by atoms with Crippen molar-refractivity contribution in [2.24, 2.45) is 28.6 Å². The maximum Gasteiger partial charge on any atom is 0.259 e. The molecule has 12 heteroatoms. The Kier molecular flexibility index (Phi) is 10.6. The van der Waals surface area contributed by atoms with E-state index in [9.17, 15) is 22.8 Å². The van der Waals surface area contributed by atoms with Gasteiger partial charge in [-0.1, -0.05) is 72.6 Å². The van der Waals surface area contributed by atoms with Crippen LogP contribution >= 0.6 is 0 Å². The number of fused-ring (bicyclic) bond motifs is 3. The van der Waals surface area contributed by atoms with Gasteiger partial charge in [-0.25, -0.2) is 8.42 Å². The molecule has 3 fully saturated rings. The average molecular weight is 702 g/mol. The van der Waals surface area contributed by atoms with Crippen molar-refractivity contribution in [1.82, 2.24) is 15.4 Å². The third-order valence-electron chi connectivity index (χ3n) is 10.4. The predicted molar refractivity (Wildman–Crippen MR) is 193 cm³/mol. The zero-order valence-electron chi connectivity index (χ0n) is 28.5. The van der Waals surface area contributed by atoms with Crippen LogP contribution in [0.5, 0.6) is 0 Å². The summed E-state index contributed by atoms with van der Waals surface area (Å²) in [5.41, 5.74) is 9.93. The summed E-state index contributed by atoms with van der Waals surface area (Å²) >= 11 is 0. The van der Waals surface area contributed by atoms with Crippen molar-refractivity contribution >= 4 is 39.5 Å². The van der Waals surface area contributed by atoms with Crippen molar-refractivity contribution in [1.29, 1.82) is 0 Å². The normalized spacial score (nSPS) is 25.9. The number of nitrogens with one attached hydrogen (secondary N) is 3. The number of hydrogen-bond donors (Lipinski definition) is 4. The summed E-state index contributed by atoms with van der Waals surface area (Å²) in [7, 11) is -2.30. The SMILES string of the molecule is C=C[C@@H]1C[C@]1(NC(=O)[C@@H]1C[C@@H](O/N=C2/c3ccccc3-c3ccc(/C=C/CCCCCCN)cc32)C[C@H]1C(=O)NC)C(=O)NS(=O)(=O)C1CC1. The van der Waals surface area contributed by atoms with E-state index >= 15 is 0 Å². The molecule has 5 N–H and O–H groups in total. The van der Waals surface area contributed by atoms with Crippen molar-refractivity contribution in [2.75, 3.05) is 13.6 Å². The lowest BCUT2D eigenvalue weighted by molar-refractivity contribution is -0.135. The van der Waals surface area contributed by atoms with Gasteiger partial charge in [0.25, 0.3) is 5.91 Å². The largest absolute Gasteiger partial charge is 0.392 e. The van der Waals surface area contributed by atoms with Crippen LogP contribution in [0.2, 0.25) is 0 Å². The monoisotopic (exact) mass is 701 g/mol. The Morgan fingerprint density at radius 1 is 0.980 bits per heavy atom. The van der Waals surface area contributed by atoms with Gasteiger partial charge in [0.05, 0.1) is 17.1 Å². The molecule has 2 aromatic carbocycles. The highest BCUT2D eigenvalue weighted by Crippen LogP contribution is 2.46. The van der Waals surface area contributed by atoms with Crippen LogP contribution in [0.3, 0.4) is 0 Å². The van der Waals surface area contributed by atoms with E-state index in [1.165, 1.54) is 7.05 Å². The number of nitrogens with two attached hydrogens (primary N) is 1. The molecule has 0 heterocycles. The molecule has 50 heavy (non-hydrogen) atoms. The summed E-state index contributed by atoms with van der Waals surface area (Å²) in [6.45, 7) is 4.50. The molecule has 6 rings (SSSR count). The number of carbonyl (C=O) groups excluding carboxylic acids is 3. The number of allylic oxidation sites excluding steroid dienone is 1. The van der Waals surface area contributed by atoms with Crippen LogP contribution in [0.1, 0.15) is 80.9 Å². The minimum atomic E-state index is -3.82.